The molecule has 0 unspecified atom stereocenters. The van der Waals surface area contributed by atoms with E-state index in [4.69, 9.17) is 5.11 Å². The minimum Gasteiger partial charge on any atom is -0.392 e. The number of hydrogen-bond acceptors (Lipinski definition) is 1. The molecule has 0 saturated carbocycles. The first-order chi connectivity index (χ1) is 7.88. The average molecular weight is 234 g/mol. The average Bonchev–Trinajstić information content (AvgIpc) is 2.23. The molecule has 0 aromatic carbocycles. The molecule has 1 aliphatic rings. The largest absolute Gasteiger partial charge is 0.392 e. The van der Waals surface area contributed by atoms with Crippen molar-refractivity contribution in [2.75, 3.05) is 6.61 Å². The maximum Gasteiger partial charge on any atom is 0.0618 e. The number of allylic oxidation sites excluding steroid dienone is 5. The second-order valence-electron chi connectivity index (χ2n) is 5.83. The lowest BCUT2D eigenvalue weighted by Gasteiger charge is -2.33. The van der Waals surface area contributed by atoms with Crippen LogP contribution in [-0.2, 0) is 0 Å². The second-order valence-corrected chi connectivity index (χ2v) is 5.83. The third kappa shape index (κ3) is 3.57. The van der Waals surface area contributed by atoms with Crippen molar-refractivity contribution in [3.05, 3.63) is 34.4 Å². The molecule has 0 heterocycles. The topological polar surface area (TPSA) is 20.2 Å². The highest BCUT2D eigenvalue weighted by atomic mass is 16.2. The molecule has 0 aliphatic heterocycles. The first kappa shape index (κ1) is 14.2. The van der Waals surface area contributed by atoms with E-state index < -0.39 is 0 Å². The molecular weight excluding hydrogens is 208 g/mol. The quantitative estimate of drug-likeness (QED) is 0.718. The van der Waals surface area contributed by atoms with E-state index in [-0.39, 0.29) is 6.61 Å². The maximum atomic E-state index is 8.93. The SMILES string of the molecule is CC1=C(/C=C(C)/C(C)=C\CO)C(C)(C)CCC1. The highest BCUT2D eigenvalue weighted by molar-refractivity contribution is 5.40. The fourth-order valence-corrected chi connectivity index (χ4v) is 2.59. The van der Waals surface area contributed by atoms with Crippen LogP contribution in [0.1, 0.15) is 53.9 Å². The molecule has 0 bridgehead atoms. The molecule has 1 rings (SSSR count). The summed E-state index contributed by atoms with van der Waals surface area (Å²) in [6.07, 6.45) is 7.99. The summed E-state index contributed by atoms with van der Waals surface area (Å²) in [7, 11) is 0. The van der Waals surface area contributed by atoms with Crippen LogP contribution in [0.3, 0.4) is 0 Å². The van der Waals surface area contributed by atoms with Crippen LogP contribution in [0.25, 0.3) is 0 Å². The highest BCUT2D eigenvalue weighted by Crippen LogP contribution is 2.41. The second kappa shape index (κ2) is 5.68. The Labute approximate surface area is 106 Å². The van der Waals surface area contributed by atoms with Gasteiger partial charge in [-0.2, -0.15) is 0 Å². The molecule has 1 nitrogen and oxygen atoms in total. The molecule has 0 aromatic rings. The summed E-state index contributed by atoms with van der Waals surface area (Å²) in [4.78, 5) is 0. The van der Waals surface area contributed by atoms with Crippen molar-refractivity contribution in [2.45, 2.75) is 53.9 Å². The van der Waals surface area contributed by atoms with Crippen molar-refractivity contribution in [3.8, 4) is 0 Å². The summed E-state index contributed by atoms with van der Waals surface area (Å²) in [5.74, 6) is 0. The first-order valence-corrected chi connectivity index (χ1v) is 6.55. The molecule has 0 spiro atoms. The van der Waals surface area contributed by atoms with Crippen LogP contribution in [0, 0.1) is 5.41 Å². The summed E-state index contributed by atoms with van der Waals surface area (Å²) in [5, 5.41) is 8.93. The summed E-state index contributed by atoms with van der Waals surface area (Å²) in [6, 6.07) is 0. The van der Waals surface area contributed by atoms with Crippen molar-refractivity contribution in [3.63, 3.8) is 0 Å². The predicted octanol–water partition coefficient (Wildman–Crippen LogP) is 4.40. The molecule has 1 heteroatoms. The van der Waals surface area contributed by atoms with Gasteiger partial charge < -0.3 is 5.11 Å². The van der Waals surface area contributed by atoms with Gasteiger partial charge >= 0.3 is 0 Å². The molecule has 0 aromatic heterocycles. The zero-order valence-corrected chi connectivity index (χ0v) is 11.9. The molecule has 0 radical (unpaired) electrons. The fourth-order valence-electron chi connectivity index (χ4n) is 2.59. The smallest absolute Gasteiger partial charge is 0.0618 e. The molecule has 0 atom stereocenters. The zero-order chi connectivity index (χ0) is 13.1. The molecule has 0 amide bonds. The highest BCUT2D eigenvalue weighted by Gasteiger charge is 2.26. The van der Waals surface area contributed by atoms with E-state index in [0.29, 0.717) is 5.41 Å². The van der Waals surface area contributed by atoms with Gasteiger partial charge in [0.15, 0.2) is 0 Å². The Morgan fingerprint density at radius 1 is 1.29 bits per heavy atom. The Bertz CT molecular complexity index is 367. The van der Waals surface area contributed by atoms with Gasteiger partial charge in [-0.15, -0.1) is 0 Å². The molecule has 96 valence electrons. The van der Waals surface area contributed by atoms with E-state index >= 15 is 0 Å². The lowest BCUT2D eigenvalue weighted by atomic mass is 9.72. The minimum absolute atomic E-state index is 0.123. The number of aliphatic hydroxyl groups excluding tert-OH is 1. The van der Waals surface area contributed by atoms with E-state index in [2.05, 4.69) is 40.7 Å². The van der Waals surface area contributed by atoms with Crippen molar-refractivity contribution in [2.24, 2.45) is 5.41 Å². The van der Waals surface area contributed by atoms with Crippen LogP contribution < -0.4 is 0 Å². The van der Waals surface area contributed by atoms with Gasteiger partial charge in [-0.3, -0.25) is 0 Å². The van der Waals surface area contributed by atoms with Gasteiger partial charge in [0.1, 0.15) is 0 Å². The third-order valence-corrected chi connectivity index (χ3v) is 3.92. The Morgan fingerprint density at radius 3 is 2.47 bits per heavy atom. The van der Waals surface area contributed by atoms with E-state index in [1.165, 1.54) is 41.6 Å². The van der Waals surface area contributed by atoms with E-state index in [0.717, 1.165) is 0 Å². The van der Waals surface area contributed by atoms with Crippen molar-refractivity contribution in [1.29, 1.82) is 0 Å². The molecule has 1 N–H and O–H groups in total. The van der Waals surface area contributed by atoms with E-state index in [9.17, 15) is 0 Å². The summed E-state index contributed by atoms with van der Waals surface area (Å²) >= 11 is 0. The van der Waals surface area contributed by atoms with Crippen LogP contribution in [0.5, 0.6) is 0 Å². The minimum atomic E-state index is 0.123. The maximum absolute atomic E-state index is 8.93. The Balaban J connectivity index is 3.07. The van der Waals surface area contributed by atoms with Crippen LogP contribution >= 0.6 is 0 Å². The lowest BCUT2D eigenvalue weighted by Crippen LogP contribution is -2.19. The van der Waals surface area contributed by atoms with Gasteiger partial charge in [-0.1, -0.05) is 31.6 Å². The van der Waals surface area contributed by atoms with Gasteiger partial charge in [0.2, 0.25) is 0 Å². The molecular formula is C16H26O. The first-order valence-electron chi connectivity index (χ1n) is 6.55. The number of aliphatic hydroxyl groups is 1. The summed E-state index contributed by atoms with van der Waals surface area (Å²) < 4.78 is 0. The molecule has 1 aliphatic carbocycles. The van der Waals surface area contributed by atoms with Gasteiger partial charge in [0, 0.05) is 0 Å². The van der Waals surface area contributed by atoms with Crippen LogP contribution in [0.2, 0.25) is 0 Å². The fraction of sp³-hybridized carbons (Fsp3) is 0.625. The Hall–Kier alpha value is -0.820. The zero-order valence-electron chi connectivity index (χ0n) is 11.9. The van der Waals surface area contributed by atoms with Gasteiger partial charge in [0.05, 0.1) is 6.61 Å². The van der Waals surface area contributed by atoms with Crippen molar-refractivity contribution < 1.29 is 5.11 Å². The third-order valence-electron chi connectivity index (χ3n) is 3.92. The van der Waals surface area contributed by atoms with E-state index in [1.807, 2.05) is 6.08 Å². The van der Waals surface area contributed by atoms with Gasteiger partial charge in [-0.05, 0) is 62.2 Å². The lowest BCUT2D eigenvalue weighted by molar-refractivity contribution is 0.342. The van der Waals surface area contributed by atoms with Gasteiger partial charge in [0.25, 0.3) is 0 Å². The van der Waals surface area contributed by atoms with Crippen LogP contribution in [0.15, 0.2) is 34.4 Å². The molecule has 17 heavy (non-hydrogen) atoms. The number of rotatable bonds is 3. The standard InChI is InChI=1S/C16H26O/c1-12(8-10-17)14(3)11-15-13(2)7-6-9-16(15,4)5/h8,11,17H,6-7,9-10H2,1-5H3/b12-8-,14-11+. The summed E-state index contributed by atoms with van der Waals surface area (Å²) in [5.41, 5.74) is 5.75. The predicted molar refractivity (Wildman–Crippen MR) is 74.9 cm³/mol. The van der Waals surface area contributed by atoms with Crippen molar-refractivity contribution >= 4 is 0 Å². The van der Waals surface area contributed by atoms with Crippen LogP contribution in [-0.4, -0.2) is 11.7 Å². The van der Waals surface area contributed by atoms with Gasteiger partial charge in [-0.25, -0.2) is 0 Å². The van der Waals surface area contributed by atoms with Crippen LogP contribution in [0.4, 0.5) is 0 Å². The molecule has 0 saturated heterocycles. The summed E-state index contributed by atoms with van der Waals surface area (Å²) in [6.45, 7) is 11.2. The normalized spacial score (nSPS) is 22.0. The van der Waals surface area contributed by atoms with E-state index in [1.54, 1.807) is 0 Å². The Kier molecular flexibility index (Phi) is 4.76. The van der Waals surface area contributed by atoms with Crippen molar-refractivity contribution in [1.82, 2.24) is 0 Å². The molecule has 0 fully saturated rings. The number of hydrogen-bond donors (Lipinski definition) is 1. The monoisotopic (exact) mass is 234 g/mol. The Morgan fingerprint density at radius 2 is 1.94 bits per heavy atom.